The van der Waals surface area contributed by atoms with Crippen LogP contribution in [0.5, 0.6) is 0 Å². The monoisotopic (exact) mass is 196 g/mol. The first-order valence-corrected chi connectivity index (χ1v) is 4.16. The topological polar surface area (TPSA) is 87.1 Å². The van der Waals surface area contributed by atoms with E-state index in [1.54, 1.807) is 0 Å². The Balaban J connectivity index is 2.63. The van der Waals surface area contributed by atoms with Gasteiger partial charge in [-0.2, -0.15) is 0 Å². The normalized spacial score (nSPS) is 9.57. The Morgan fingerprint density at radius 1 is 1.50 bits per heavy atom. The van der Waals surface area contributed by atoms with E-state index in [-0.39, 0.29) is 12.5 Å². The minimum Gasteiger partial charge on any atom is -0.395 e. The number of aliphatic hydroxyl groups is 1. The van der Waals surface area contributed by atoms with Gasteiger partial charge in [-0.15, -0.1) is 0 Å². The maximum Gasteiger partial charge on any atom is 0.222 e. The lowest BCUT2D eigenvalue weighted by Crippen LogP contribution is -2.11. The highest BCUT2D eigenvalue weighted by molar-refractivity contribution is 5.87. The summed E-state index contributed by atoms with van der Waals surface area (Å²) in [5.41, 5.74) is 0. The Hall–Kier alpha value is -1.69. The maximum absolute atomic E-state index is 10.7. The van der Waals surface area contributed by atoms with Gasteiger partial charge < -0.3 is 15.7 Å². The number of anilines is 2. The van der Waals surface area contributed by atoms with Gasteiger partial charge in [-0.05, 0) is 0 Å². The van der Waals surface area contributed by atoms with Gasteiger partial charge in [0.05, 0.1) is 19.0 Å². The van der Waals surface area contributed by atoms with Crippen LogP contribution in [-0.4, -0.2) is 34.1 Å². The molecule has 1 rings (SSSR count). The molecule has 0 bridgehead atoms. The number of rotatable bonds is 4. The molecule has 0 aromatic carbocycles. The molecule has 0 aliphatic carbocycles. The smallest absolute Gasteiger partial charge is 0.222 e. The summed E-state index contributed by atoms with van der Waals surface area (Å²) in [5.74, 6) is 0.712. The highest BCUT2D eigenvalue weighted by atomic mass is 16.3. The average molecular weight is 196 g/mol. The molecule has 1 amide bonds. The van der Waals surface area contributed by atoms with E-state index in [1.165, 1.54) is 19.3 Å². The maximum atomic E-state index is 10.7. The molecule has 0 aliphatic rings. The minimum absolute atomic E-state index is 0.0199. The van der Waals surface area contributed by atoms with Crippen molar-refractivity contribution < 1.29 is 9.90 Å². The van der Waals surface area contributed by atoms with E-state index in [1.807, 2.05) is 0 Å². The van der Waals surface area contributed by atoms with Gasteiger partial charge in [0.2, 0.25) is 5.91 Å². The SMILES string of the molecule is CC(=O)Nc1cncc(NCCO)n1. The molecule has 6 heteroatoms. The Morgan fingerprint density at radius 2 is 2.21 bits per heavy atom. The van der Waals surface area contributed by atoms with Gasteiger partial charge in [0.1, 0.15) is 5.82 Å². The highest BCUT2D eigenvalue weighted by Crippen LogP contribution is 2.05. The second kappa shape index (κ2) is 5.13. The second-order valence-electron chi connectivity index (χ2n) is 2.62. The third kappa shape index (κ3) is 3.36. The molecular formula is C8H12N4O2. The van der Waals surface area contributed by atoms with Crippen LogP contribution < -0.4 is 10.6 Å². The van der Waals surface area contributed by atoms with E-state index in [0.29, 0.717) is 18.2 Å². The molecule has 1 aromatic rings. The Bertz CT molecular complexity index is 316. The van der Waals surface area contributed by atoms with Crippen molar-refractivity contribution in [3.05, 3.63) is 12.4 Å². The summed E-state index contributed by atoms with van der Waals surface area (Å²) in [4.78, 5) is 18.6. The predicted octanol–water partition coefficient (Wildman–Crippen LogP) is -0.161. The van der Waals surface area contributed by atoms with Gasteiger partial charge in [0, 0.05) is 13.5 Å². The molecule has 14 heavy (non-hydrogen) atoms. The molecule has 0 saturated carbocycles. The van der Waals surface area contributed by atoms with Gasteiger partial charge in [-0.3, -0.25) is 9.78 Å². The van der Waals surface area contributed by atoms with Gasteiger partial charge in [-0.25, -0.2) is 4.98 Å². The molecular weight excluding hydrogens is 184 g/mol. The summed E-state index contributed by atoms with van der Waals surface area (Å²) in [6, 6.07) is 0. The van der Waals surface area contributed by atoms with Crippen molar-refractivity contribution >= 4 is 17.5 Å². The molecule has 0 saturated heterocycles. The first-order chi connectivity index (χ1) is 6.72. The summed E-state index contributed by atoms with van der Waals surface area (Å²) < 4.78 is 0. The zero-order valence-corrected chi connectivity index (χ0v) is 7.82. The van der Waals surface area contributed by atoms with Crippen LogP contribution in [0.15, 0.2) is 12.4 Å². The van der Waals surface area contributed by atoms with Gasteiger partial charge in [0.25, 0.3) is 0 Å². The third-order valence-corrected chi connectivity index (χ3v) is 1.36. The molecule has 1 aromatic heterocycles. The molecule has 6 nitrogen and oxygen atoms in total. The zero-order chi connectivity index (χ0) is 10.4. The highest BCUT2D eigenvalue weighted by Gasteiger charge is 1.99. The van der Waals surface area contributed by atoms with Crippen molar-refractivity contribution in [3.63, 3.8) is 0 Å². The summed E-state index contributed by atoms with van der Waals surface area (Å²) in [6.45, 7) is 1.82. The van der Waals surface area contributed by atoms with Crippen molar-refractivity contribution in [2.24, 2.45) is 0 Å². The van der Waals surface area contributed by atoms with Crippen LogP contribution in [0.2, 0.25) is 0 Å². The lowest BCUT2D eigenvalue weighted by molar-refractivity contribution is -0.114. The van der Waals surface area contributed by atoms with E-state index in [9.17, 15) is 4.79 Å². The zero-order valence-electron chi connectivity index (χ0n) is 7.82. The molecule has 0 atom stereocenters. The number of amides is 1. The number of aromatic nitrogens is 2. The Kier molecular flexibility index (Phi) is 3.81. The molecule has 0 fully saturated rings. The van der Waals surface area contributed by atoms with Crippen LogP contribution in [0.1, 0.15) is 6.92 Å². The fourth-order valence-corrected chi connectivity index (χ4v) is 0.876. The number of hydrogen-bond donors (Lipinski definition) is 3. The van der Waals surface area contributed by atoms with Crippen LogP contribution in [-0.2, 0) is 4.79 Å². The van der Waals surface area contributed by atoms with Crippen LogP contribution in [0.25, 0.3) is 0 Å². The number of nitrogens with zero attached hydrogens (tertiary/aromatic N) is 2. The fraction of sp³-hybridized carbons (Fsp3) is 0.375. The van der Waals surface area contributed by atoms with Crippen molar-refractivity contribution in [3.8, 4) is 0 Å². The first-order valence-electron chi connectivity index (χ1n) is 4.16. The number of nitrogens with one attached hydrogen (secondary N) is 2. The molecule has 0 spiro atoms. The molecule has 76 valence electrons. The van der Waals surface area contributed by atoms with E-state index in [0.717, 1.165) is 0 Å². The standard InChI is InChI=1S/C8H12N4O2/c1-6(14)11-8-5-9-4-7(12-8)10-2-3-13/h4-5,13H,2-3H2,1H3,(H2,10,11,12,14). The van der Waals surface area contributed by atoms with E-state index >= 15 is 0 Å². The van der Waals surface area contributed by atoms with Crippen molar-refractivity contribution in [2.45, 2.75) is 6.92 Å². The third-order valence-electron chi connectivity index (χ3n) is 1.36. The van der Waals surface area contributed by atoms with E-state index < -0.39 is 0 Å². The summed E-state index contributed by atoms with van der Waals surface area (Å²) in [6.07, 6.45) is 2.96. The summed E-state index contributed by atoms with van der Waals surface area (Å²) >= 11 is 0. The Labute approximate surface area is 81.4 Å². The summed E-state index contributed by atoms with van der Waals surface area (Å²) in [7, 11) is 0. The van der Waals surface area contributed by atoms with Crippen LogP contribution in [0.4, 0.5) is 11.6 Å². The molecule has 0 aliphatic heterocycles. The average Bonchev–Trinajstić information content (AvgIpc) is 2.14. The van der Waals surface area contributed by atoms with Crippen LogP contribution in [0.3, 0.4) is 0 Å². The second-order valence-corrected chi connectivity index (χ2v) is 2.62. The lowest BCUT2D eigenvalue weighted by atomic mass is 10.5. The van der Waals surface area contributed by atoms with E-state index in [4.69, 9.17) is 5.11 Å². The van der Waals surface area contributed by atoms with Crippen molar-refractivity contribution in [1.29, 1.82) is 0 Å². The van der Waals surface area contributed by atoms with Gasteiger partial charge >= 0.3 is 0 Å². The van der Waals surface area contributed by atoms with E-state index in [2.05, 4.69) is 20.6 Å². The fourth-order valence-electron chi connectivity index (χ4n) is 0.876. The number of carbonyl (C=O) groups excluding carboxylic acids is 1. The minimum atomic E-state index is -0.196. The lowest BCUT2D eigenvalue weighted by Gasteiger charge is -2.04. The number of aliphatic hydroxyl groups excluding tert-OH is 1. The molecule has 1 heterocycles. The number of hydrogen-bond acceptors (Lipinski definition) is 5. The van der Waals surface area contributed by atoms with Crippen molar-refractivity contribution in [2.75, 3.05) is 23.8 Å². The first kappa shape index (κ1) is 10.4. The van der Waals surface area contributed by atoms with Crippen LogP contribution >= 0.6 is 0 Å². The van der Waals surface area contributed by atoms with Gasteiger partial charge in [0.15, 0.2) is 5.82 Å². The predicted molar refractivity (Wildman–Crippen MR) is 51.9 cm³/mol. The van der Waals surface area contributed by atoms with Crippen LogP contribution in [0, 0.1) is 0 Å². The molecule has 3 N–H and O–H groups in total. The largest absolute Gasteiger partial charge is 0.395 e. The molecule has 0 unspecified atom stereocenters. The van der Waals surface area contributed by atoms with Gasteiger partial charge in [-0.1, -0.05) is 0 Å². The quantitative estimate of drug-likeness (QED) is 0.622. The van der Waals surface area contributed by atoms with Crippen molar-refractivity contribution in [1.82, 2.24) is 9.97 Å². The summed E-state index contributed by atoms with van der Waals surface area (Å²) in [5, 5.41) is 13.9. The molecule has 0 radical (unpaired) electrons. The Morgan fingerprint density at radius 3 is 2.86 bits per heavy atom. The number of carbonyl (C=O) groups is 1.